The molecular formula is C24H19ClN2O4S. The van der Waals surface area contributed by atoms with Crippen LogP contribution in [0.5, 0.6) is 0 Å². The molecule has 0 bridgehead atoms. The standard InChI is InChI=1S/C24H19ClN2O4S/c1-14-4-3-5-15(2)22(14)26-21(28)13-27-23(29)20(32-24(27)30)12-18-10-11-19(31-18)16-6-8-17(25)9-7-16/h3-12H,13H2,1-2H3,(H,26,28)/b20-12+. The number of aryl methyl sites for hydroxylation is 2. The van der Waals surface area contributed by atoms with Gasteiger partial charge in [-0.1, -0.05) is 29.8 Å². The summed E-state index contributed by atoms with van der Waals surface area (Å²) in [7, 11) is 0. The Labute approximate surface area is 194 Å². The number of para-hydroxylation sites is 1. The van der Waals surface area contributed by atoms with Crippen molar-refractivity contribution in [1.82, 2.24) is 4.90 Å². The van der Waals surface area contributed by atoms with Gasteiger partial charge in [-0.25, -0.2) is 0 Å². The number of hydrogen-bond donors (Lipinski definition) is 1. The lowest BCUT2D eigenvalue weighted by Gasteiger charge is -2.15. The zero-order valence-electron chi connectivity index (χ0n) is 17.3. The van der Waals surface area contributed by atoms with Crippen molar-refractivity contribution in [1.29, 1.82) is 0 Å². The summed E-state index contributed by atoms with van der Waals surface area (Å²) in [6, 6.07) is 16.3. The fourth-order valence-electron chi connectivity index (χ4n) is 3.30. The molecule has 32 heavy (non-hydrogen) atoms. The molecule has 6 nitrogen and oxygen atoms in total. The minimum atomic E-state index is -0.527. The quantitative estimate of drug-likeness (QED) is 0.474. The Kier molecular flexibility index (Phi) is 6.21. The molecule has 0 saturated carbocycles. The summed E-state index contributed by atoms with van der Waals surface area (Å²) in [5, 5.41) is 2.92. The van der Waals surface area contributed by atoms with Gasteiger partial charge in [-0.3, -0.25) is 19.3 Å². The van der Waals surface area contributed by atoms with Crippen LogP contribution in [0.2, 0.25) is 5.02 Å². The fraction of sp³-hybridized carbons (Fsp3) is 0.125. The third kappa shape index (κ3) is 4.64. The molecule has 3 aromatic rings. The van der Waals surface area contributed by atoms with Crippen molar-refractivity contribution < 1.29 is 18.8 Å². The maximum atomic E-state index is 12.7. The normalized spacial score (nSPS) is 15.0. The molecule has 1 aliphatic rings. The zero-order valence-corrected chi connectivity index (χ0v) is 18.9. The lowest BCUT2D eigenvalue weighted by atomic mass is 10.1. The van der Waals surface area contributed by atoms with Crippen molar-refractivity contribution in [3.63, 3.8) is 0 Å². The van der Waals surface area contributed by atoms with E-state index in [-0.39, 0.29) is 11.4 Å². The summed E-state index contributed by atoms with van der Waals surface area (Å²) in [5.74, 6) is 0.0793. The Hall–Kier alpha value is -3.29. The van der Waals surface area contributed by atoms with Gasteiger partial charge in [0.2, 0.25) is 5.91 Å². The second-order valence-electron chi connectivity index (χ2n) is 7.29. The first-order chi connectivity index (χ1) is 15.3. The number of rotatable bonds is 5. The highest BCUT2D eigenvalue weighted by molar-refractivity contribution is 8.18. The SMILES string of the molecule is Cc1cccc(C)c1NC(=O)CN1C(=O)S/C(=C/c2ccc(-c3ccc(Cl)cc3)o2)C1=O. The number of imide groups is 1. The molecule has 2 heterocycles. The second kappa shape index (κ2) is 9.06. The first-order valence-electron chi connectivity index (χ1n) is 9.79. The average Bonchev–Trinajstić information content (AvgIpc) is 3.32. The number of amides is 3. The van der Waals surface area contributed by atoms with Crippen LogP contribution in [0.4, 0.5) is 10.5 Å². The zero-order chi connectivity index (χ0) is 22.8. The van der Waals surface area contributed by atoms with E-state index in [0.29, 0.717) is 22.2 Å². The van der Waals surface area contributed by atoms with Gasteiger partial charge in [-0.15, -0.1) is 0 Å². The van der Waals surface area contributed by atoms with Gasteiger partial charge in [-0.05, 0) is 73.1 Å². The van der Waals surface area contributed by atoms with Gasteiger partial charge in [0.05, 0.1) is 4.91 Å². The molecule has 3 amide bonds. The van der Waals surface area contributed by atoms with E-state index in [1.165, 1.54) is 6.08 Å². The number of nitrogens with zero attached hydrogens (tertiary/aromatic N) is 1. The van der Waals surface area contributed by atoms with Crippen LogP contribution < -0.4 is 5.32 Å². The van der Waals surface area contributed by atoms with Crippen LogP contribution in [0.15, 0.2) is 63.9 Å². The second-order valence-corrected chi connectivity index (χ2v) is 8.72. The van der Waals surface area contributed by atoms with E-state index in [9.17, 15) is 14.4 Å². The number of carbonyl (C=O) groups is 3. The number of nitrogens with one attached hydrogen (secondary N) is 1. The largest absolute Gasteiger partial charge is 0.457 e. The molecule has 8 heteroatoms. The third-order valence-corrected chi connectivity index (χ3v) is 6.11. The molecule has 0 unspecified atom stereocenters. The van der Waals surface area contributed by atoms with Crippen LogP contribution in [0.1, 0.15) is 16.9 Å². The first kappa shape index (κ1) is 21.9. The minimum absolute atomic E-state index is 0.201. The van der Waals surface area contributed by atoms with Crippen LogP contribution in [0.25, 0.3) is 17.4 Å². The fourth-order valence-corrected chi connectivity index (χ4v) is 4.24. The molecule has 1 aromatic heterocycles. The number of furan rings is 1. The summed E-state index contributed by atoms with van der Waals surface area (Å²) in [5.41, 5.74) is 3.33. The smallest absolute Gasteiger partial charge is 0.294 e. The van der Waals surface area contributed by atoms with Crippen molar-refractivity contribution in [2.75, 3.05) is 11.9 Å². The van der Waals surface area contributed by atoms with E-state index < -0.39 is 17.1 Å². The number of halogens is 1. The molecule has 1 fully saturated rings. The van der Waals surface area contributed by atoms with E-state index >= 15 is 0 Å². The van der Waals surface area contributed by atoms with Gasteiger partial charge in [0.25, 0.3) is 11.1 Å². The summed E-state index contributed by atoms with van der Waals surface area (Å²) in [6.07, 6.45) is 1.51. The van der Waals surface area contributed by atoms with Crippen molar-refractivity contribution in [2.24, 2.45) is 0 Å². The molecule has 1 aliphatic heterocycles. The van der Waals surface area contributed by atoms with Crippen LogP contribution in [-0.4, -0.2) is 28.5 Å². The highest BCUT2D eigenvalue weighted by Gasteiger charge is 2.36. The van der Waals surface area contributed by atoms with Gasteiger partial charge in [0, 0.05) is 22.3 Å². The monoisotopic (exact) mass is 466 g/mol. The van der Waals surface area contributed by atoms with Crippen LogP contribution >= 0.6 is 23.4 Å². The van der Waals surface area contributed by atoms with Crippen molar-refractivity contribution in [3.8, 4) is 11.3 Å². The van der Waals surface area contributed by atoms with Crippen molar-refractivity contribution in [3.05, 3.63) is 81.4 Å². The third-order valence-electron chi connectivity index (χ3n) is 4.95. The Bertz CT molecular complexity index is 1230. The van der Waals surface area contributed by atoms with Crippen molar-refractivity contribution >= 4 is 52.2 Å². The lowest BCUT2D eigenvalue weighted by Crippen LogP contribution is -2.36. The van der Waals surface area contributed by atoms with Crippen LogP contribution in [0, 0.1) is 13.8 Å². The number of hydrogen-bond acceptors (Lipinski definition) is 5. The van der Waals surface area contributed by atoms with E-state index in [1.54, 1.807) is 24.3 Å². The Morgan fingerprint density at radius 3 is 2.44 bits per heavy atom. The van der Waals surface area contributed by atoms with E-state index in [4.69, 9.17) is 16.0 Å². The first-order valence-corrected chi connectivity index (χ1v) is 11.0. The van der Waals surface area contributed by atoms with Crippen LogP contribution in [-0.2, 0) is 9.59 Å². The Morgan fingerprint density at radius 2 is 1.75 bits per heavy atom. The molecule has 1 N–H and O–H groups in total. The van der Waals surface area contributed by atoms with E-state index in [2.05, 4.69) is 5.32 Å². The maximum absolute atomic E-state index is 12.7. The van der Waals surface area contributed by atoms with Gasteiger partial charge < -0.3 is 9.73 Å². The maximum Gasteiger partial charge on any atom is 0.294 e. The highest BCUT2D eigenvalue weighted by Crippen LogP contribution is 2.33. The number of benzene rings is 2. The highest BCUT2D eigenvalue weighted by atomic mass is 35.5. The van der Waals surface area contributed by atoms with Crippen LogP contribution in [0.3, 0.4) is 0 Å². The summed E-state index contributed by atoms with van der Waals surface area (Å²) < 4.78 is 5.78. The van der Waals surface area contributed by atoms with Gasteiger partial charge in [-0.2, -0.15) is 0 Å². The number of thioether (sulfide) groups is 1. The number of anilines is 1. The predicted octanol–water partition coefficient (Wildman–Crippen LogP) is 5.89. The number of carbonyl (C=O) groups excluding carboxylic acids is 3. The molecule has 0 atom stereocenters. The lowest BCUT2D eigenvalue weighted by molar-refractivity contribution is -0.127. The molecule has 2 aromatic carbocycles. The molecular weight excluding hydrogens is 448 g/mol. The van der Waals surface area contributed by atoms with E-state index in [1.807, 2.05) is 44.2 Å². The van der Waals surface area contributed by atoms with Gasteiger partial charge >= 0.3 is 0 Å². The summed E-state index contributed by atoms with van der Waals surface area (Å²) in [4.78, 5) is 38.7. The molecule has 162 valence electrons. The molecule has 4 rings (SSSR count). The van der Waals surface area contributed by atoms with Gasteiger partial charge in [0.1, 0.15) is 18.1 Å². The van der Waals surface area contributed by atoms with E-state index in [0.717, 1.165) is 33.4 Å². The predicted molar refractivity (Wildman–Crippen MR) is 126 cm³/mol. The molecule has 0 aliphatic carbocycles. The Balaban J connectivity index is 1.46. The molecule has 0 radical (unpaired) electrons. The molecule has 1 saturated heterocycles. The van der Waals surface area contributed by atoms with Crippen molar-refractivity contribution in [2.45, 2.75) is 13.8 Å². The topological polar surface area (TPSA) is 79.6 Å². The average molecular weight is 467 g/mol. The summed E-state index contributed by atoms with van der Waals surface area (Å²) in [6.45, 7) is 3.41. The Morgan fingerprint density at radius 1 is 1.06 bits per heavy atom. The molecule has 0 spiro atoms. The minimum Gasteiger partial charge on any atom is -0.457 e. The summed E-state index contributed by atoms with van der Waals surface area (Å²) >= 11 is 6.69. The van der Waals surface area contributed by atoms with Gasteiger partial charge in [0.15, 0.2) is 0 Å².